The summed E-state index contributed by atoms with van der Waals surface area (Å²) in [4.78, 5) is 14.5. The van der Waals surface area contributed by atoms with Crippen LogP contribution in [0.4, 0.5) is 11.4 Å². The Balaban J connectivity index is 1.75. The Morgan fingerprint density at radius 3 is 2.50 bits per heavy atom. The number of carbonyl (C=O) groups excluding carboxylic acids is 1. The van der Waals surface area contributed by atoms with Crippen molar-refractivity contribution in [1.29, 1.82) is 0 Å². The number of hydrogen-bond acceptors (Lipinski definition) is 2. The van der Waals surface area contributed by atoms with Crippen molar-refractivity contribution in [2.45, 2.75) is 12.8 Å². The number of nitrogens with zero attached hydrogens (tertiary/aromatic N) is 1. The number of nitrogens with one attached hydrogen (secondary N) is 1. The summed E-state index contributed by atoms with van der Waals surface area (Å²) in [6.45, 7) is 2.07. The van der Waals surface area contributed by atoms with Crippen LogP contribution in [0.15, 0.2) is 42.5 Å². The number of amides is 1. The third kappa shape index (κ3) is 3.37. The molecule has 0 radical (unpaired) electrons. The Labute approximate surface area is 139 Å². The minimum atomic E-state index is -0.201. The van der Waals surface area contributed by atoms with Gasteiger partial charge in [-0.25, -0.2) is 0 Å². The fraction of sp³-hybridized carbons (Fsp3) is 0.235. The van der Waals surface area contributed by atoms with E-state index in [9.17, 15) is 4.79 Å². The van der Waals surface area contributed by atoms with Gasteiger partial charge in [-0.1, -0.05) is 29.3 Å². The fourth-order valence-corrected chi connectivity index (χ4v) is 3.12. The molecule has 1 heterocycles. The van der Waals surface area contributed by atoms with E-state index in [1.807, 2.05) is 12.1 Å². The van der Waals surface area contributed by atoms with Crippen LogP contribution in [0, 0.1) is 0 Å². The number of rotatable bonds is 3. The smallest absolute Gasteiger partial charge is 0.255 e. The Hall–Kier alpha value is -1.71. The topological polar surface area (TPSA) is 32.3 Å². The Bertz CT molecular complexity index is 697. The van der Waals surface area contributed by atoms with Crippen LogP contribution in [0.3, 0.4) is 0 Å². The Morgan fingerprint density at radius 2 is 1.82 bits per heavy atom. The maximum Gasteiger partial charge on any atom is 0.255 e. The maximum absolute atomic E-state index is 12.2. The van der Waals surface area contributed by atoms with Gasteiger partial charge in [-0.15, -0.1) is 0 Å². The van der Waals surface area contributed by atoms with Crippen LogP contribution in [0.1, 0.15) is 23.2 Å². The van der Waals surface area contributed by atoms with Crippen molar-refractivity contribution in [3.8, 4) is 0 Å². The summed E-state index contributed by atoms with van der Waals surface area (Å²) in [6, 6.07) is 12.5. The quantitative estimate of drug-likeness (QED) is 0.870. The minimum Gasteiger partial charge on any atom is -0.370 e. The molecule has 1 saturated heterocycles. The lowest BCUT2D eigenvalue weighted by molar-refractivity contribution is 0.102. The maximum atomic E-state index is 12.2. The molecule has 3 nitrogen and oxygen atoms in total. The zero-order valence-electron chi connectivity index (χ0n) is 12.0. The highest BCUT2D eigenvalue weighted by atomic mass is 35.5. The van der Waals surface area contributed by atoms with Gasteiger partial charge in [0.1, 0.15) is 0 Å². The number of carbonyl (C=O) groups is 1. The molecule has 0 bridgehead atoms. The summed E-state index contributed by atoms with van der Waals surface area (Å²) in [5.41, 5.74) is 2.23. The third-order valence-electron chi connectivity index (χ3n) is 3.74. The molecule has 0 spiro atoms. The molecule has 5 heteroatoms. The summed E-state index contributed by atoms with van der Waals surface area (Å²) in [6.07, 6.45) is 2.40. The van der Waals surface area contributed by atoms with Gasteiger partial charge in [0.05, 0.1) is 10.7 Å². The summed E-state index contributed by atoms with van der Waals surface area (Å²) in [5, 5.41) is 4.04. The summed E-state index contributed by atoms with van der Waals surface area (Å²) >= 11 is 12.3. The fourth-order valence-electron chi connectivity index (χ4n) is 2.63. The van der Waals surface area contributed by atoms with Gasteiger partial charge in [-0.05, 0) is 49.2 Å². The van der Waals surface area contributed by atoms with Crippen molar-refractivity contribution < 1.29 is 4.79 Å². The molecule has 3 rings (SSSR count). The first-order valence-corrected chi connectivity index (χ1v) is 8.00. The highest BCUT2D eigenvalue weighted by molar-refractivity contribution is 6.33. The SMILES string of the molecule is O=C(Nc1ccc(N2CCCC2)c(Cl)c1)c1cccc(Cl)c1. The van der Waals surface area contributed by atoms with E-state index in [2.05, 4.69) is 10.2 Å². The lowest BCUT2D eigenvalue weighted by Crippen LogP contribution is -2.18. The van der Waals surface area contributed by atoms with Crippen LogP contribution in [0.2, 0.25) is 10.0 Å². The monoisotopic (exact) mass is 334 g/mol. The van der Waals surface area contributed by atoms with Crippen LogP contribution in [0.25, 0.3) is 0 Å². The average Bonchev–Trinajstić information content (AvgIpc) is 3.01. The van der Waals surface area contributed by atoms with Gasteiger partial charge < -0.3 is 10.2 Å². The third-order valence-corrected chi connectivity index (χ3v) is 4.28. The molecule has 1 amide bonds. The highest BCUT2D eigenvalue weighted by Crippen LogP contribution is 2.31. The predicted octanol–water partition coefficient (Wildman–Crippen LogP) is 4.85. The molecule has 1 fully saturated rings. The van der Waals surface area contributed by atoms with Crippen molar-refractivity contribution in [2.24, 2.45) is 0 Å². The zero-order chi connectivity index (χ0) is 15.5. The highest BCUT2D eigenvalue weighted by Gasteiger charge is 2.16. The Kier molecular flexibility index (Phi) is 4.55. The van der Waals surface area contributed by atoms with E-state index in [1.165, 1.54) is 12.8 Å². The van der Waals surface area contributed by atoms with Gasteiger partial charge in [0.25, 0.3) is 5.91 Å². The van der Waals surface area contributed by atoms with Crippen molar-refractivity contribution in [3.05, 3.63) is 58.1 Å². The van der Waals surface area contributed by atoms with Crippen molar-refractivity contribution in [2.75, 3.05) is 23.3 Å². The van der Waals surface area contributed by atoms with Crippen LogP contribution in [-0.2, 0) is 0 Å². The summed E-state index contributed by atoms with van der Waals surface area (Å²) in [5.74, 6) is -0.201. The van der Waals surface area contributed by atoms with E-state index >= 15 is 0 Å². The summed E-state index contributed by atoms with van der Waals surface area (Å²) < 4.78 is 0. The Morgan fingerprint density at radius 1 is 1.05 bits per heavy atom. The average molecular weight is 335 g/mol. The first-order chi connectivity index (χ1) is 10.6. The van der Waals surface area contributed by atoms with E-state index < -0.39 is 0 Å². The lowest BCUT2D eigenvalue weighted by Gasteiger charge is -2.19. The van der Waals surface area contributed by atoms with Crippen LogP contribution >= 0.6 is 23.2 Å². The first kappa shape index (κ1) is 15.2. The molecule has 0 unspecified atom stereocenters. The van der Waals surface area contributed by atoms with Crippen LogP contribution in [0.5, 0.6) is 0 Å². The van der Waals surface area contributed by atoms with Crippen molar-refractivity contribution >= 4 is 40.5 Å². The lowest BCUT2D eigenvalue weighted by atomic mass is 10.2. The van der Waals surface area contributed by atoms with E-state index in [-0.39, 0.29) is 5.91 Å². The molecule has 0 aliphatic carbocycles. The first-order valence-electron chi connectivity index (χ1n) is 7.25. The molecule has 0 atom stereocenters. The molecule has 114 valence electrons. The van der Waals surface area contributed by atoms with E-state index in [0.717, 1.165) is 18.8 Å². The molecule has 2 aromatic carbocycles. The van der Waals surface area contributed by atoms with Crippen molar-refractivity contribution in [3.63, 3.8) is 0 Å². The molecule has 2 aromatic rings. The van der Waals surface area contributed by atoms with Gasteiger partial charge >= 0.3 is 0 Å². The van der Waals surface area contributed by atoms with E-state index in [4.69, 9.17) is 23.2 Å². The predicted molar refractivity (Wildman–Crippen MR) is 92.3 cm³/mol. The summed E-state index contributed by atoms with van der Waals surface area (Å²) in [7, 11) is 0. The number of anilines is 2. The number of benzene rings is 2. The van der Waals surface area contributed by atoms with E-state index in [0.29, 0.717) is 21.3 Å². The number of hydrogen-bond donors (Lipinski definition) is 1. The largest absolute Gasteiger partial charge is 0.370 e. The van der Waals surface area contributed by atoms with Gasteiger partial charge in [-0.2, -0.15) is 0 Å². The second kappa shape index (κ2) is 6.59. The molecule has 1 N–H and O–H groups in total. The van der Waals surface area contributed by atoms with Gasteiger partial charge in [-0.3, -0.25) is 4.79 Å². The second-order valence-corrected chi connectivity index (χ2v) is 6.17. The van der Waals surface area contributed by atoms with Crippen LogP contribution in [-0.4, -0.2) is 19.0 Å². The second-order valence-electron chi connectivity index (χ2n) is 5.32. The normalized spacial score (nSPS) is 14.2. The minimum absolute atomic E-state index is 0.201. The van der Waals surface area contributed by atoms with Crippen LogP contribution < -0.4 is 10.2 Å². The number of halogens is 2. The van der Waals surface area contributed by atoms with Gasteiger partial charge in [0.15, 0.2) is 0 Å². The van der Waals surface area contributed by atoms with Gasteiger partial charge in [0, 0.05) is 29.4 Å². The molecule has 0 aromatic heterocycles. The molecule has 1 aliphatic rings. The molecular formula is C17H16Cl2N2O. The van der Waals surface area contributed by atoms with Crippen molar-refractivity contribution in [1.82, 2.24) is 0 Å². The molecule has 0 saturated carbocycles. The van der Waals surface area contributed by atoms with Gasteiger partial charge in [0.2, 0.25) is 0 Å². The molecule has 22 heavy (non-hydrogen) atoms. The van der Waals surface area contributed by atoms with E-state index in [1.54, 1.807) is 30.3 Å². The zero-order valence-corrected chi connectivity index (χ0v) is 13.5. The molecular weight excluding hydrogens is 319 g/mol. The standard InChI is InChI=1S/C17H16Cl2N2O/c18-13-5-3-4-12(10-13)17(22)20-14-6-7-16(15(19)11-14)21-8-1-2-9-21/h3-7,10-11H,1-2,8-9H2,(H,20,22). The molecule has 1 aliphatic heterocycles.